The van der Waals surface area contributed by atoms with Crippen LogP contribution in [0.15, 0.2) is 6.33 Å². The number of ether oxygens (including phenoxy) is 2. The average molecular weight is 425 g/mol. The maximum absolute atomic E-state index is 12.0. The zero-order chi connectivity index (χ0) is 22.5. The number of carbonyl (C=O) groups is 3. The molecular weight excluding hydrogens is 394 g/mol. The van der Waals surface area contributed by atoms with Crippen LogP contribution in [0, 0.1) is 17.3 Å². The molecule has 1 aliphatic heterocycles. The summed E-state index contributed by atoms with van der Waals surface area (Å²) in [6.07, 6.45) is 1.03. The van der Waals surface area contributed by atoms with Gasteiger partial charge in [-0.2, -0.15) is 0 Å². The van der Waals surface area contributed by atoms with Gasteiger partial charge in [0.2, 0.25) is 0 Å². The Bertz CT molecular complexity index is 751. The van der Waals surface area contributed by atoms with Crippen molar-refractivity contribution >= 4 is 23.7 Å². The van der Waals surface area contributed by atoms with Gasteiger partial charge in [-0.25, -0.2) is 4.98 Å². The molecule has 0 radical (unpaired) electrons. The van der Waals surface area contributed by atoms with Gasteiger partial charge in [0.25, 0.3) is 5.91 Å². The van der Waals surface area contributed by atoms with Crippen LogP contribution in [-0.2, 0) is 25.6 Å². The number of hydrogen-bond donors (Lipinski definition) is 4. The number of nitrogens with two attached hydrogens (primary N) is 1. The van der Waals surface area contributed by atoms with Gasteiger partial charge in [0.15, 0.2) is 12.0 Å². The van der Waals surface area contributed by atoms with Gasteiger partial charge in [-0.1, -0.05) is 27.7 Å². The first-order chi connectivity index (χ1) is 14.1. The number of aromatic nitrogens is 2. The Kier molecular flexibility index (Phi) is 7.79. The highest BCUT2D eigenvalue weighted by atomic mass is 16.5. The van der Waals surface area contributed by atoms with Crippen molar-refractivity contribution < 1.29 is 29.0 Å². The number of aryl methyl sites for hydroxylation is 1. The van der Waals surface area contributed by atoms with Gasteiger partial charge in [0, 0.05) is 6.54 Å². The molecule has 0 saturated carbocycles. The molecule has 0 bridgehead atoms. The summed E-state index contributed by atoms with van der Waals surface area (Å²) in [7, 11) is 0. The van der Waals surface area contributed by atoms with Crippen molar-refractivity contribution in [3.05, 3.63) is 12.0 Å². The summed E-state index contributed by atoms with van der Waals surface area (Å²) in [5.41, 5.74) is 4.96. The molecule has 11 nitrogen and oxygen atoms in total. The van der Waals surface area contributed by atoms with E-state index in [1.54, 1.807) is 32.3 Å². The minimum atomic E-state index is -1.01. The number of hydrogen-bond acceptors (Lipinski definition) is 9. The molecule has 11 heteroatoms. The quantitative estimate of drug-likeness (QED) is 0.380. The second-order valence-corrected chi connectivity index (χ2v) is 8.16. The molecule has 30 heavy (non-hydrogen) atoms. The van der Waals surface area contributed by atoms with Crippen LogP contribution in [0.1, 0.15) is 44.6 Å². The summed E-state index contributed by atoms with van der Waals surface area (Å²) in [6.45, 7) is 6.55. The molecule has 0 aromatic carbocycles. The van der Waals surface area contributed by atoms with Crippen molar-refractivity contribution in [2.45, 2.75) is 47.0 Å². The third-order valence-electron chi connectivity index (χ3n) is 4.83. The lowest BCUT2D eigenvalue weighted by Crippen LogP contribution is -2.51. The van der Waals surface area contributed by atoms with Crippen LogP contribution in [0.3, 0.4) is 0 Å². The number of amides is 1. The molecular formula is C19H31N5O6. The Morgan fingerprint density at radius 3 is 2.27 bits per heavy atom. The topological polar surface area (TPSA) is 158 Å². The van der Waals surface area contributed by atoms with Crippen LogP contribution in [0.5, 0.6) is 0 Å². The average Bonchev–Trinajstić information content (AvgIpc) is 3.10. The van der Waals surface area contributed by atoms with Crippen LogP contribution in [0.2, 0.25) is 0 Å². The molecule has 1 aliphatic rings. The molecule has 5 N–H and O–H groups in total. The fourth-order valence-corrected chi connectivity index (χ4v) is 2.76. The Labute approximate surface area is 175 Å². The number of rotatable bonds is 10. The maximum Gasteiger partial charge on any atom is 0.308 e. The van der Waals surface area contributed by atoms with Gasteiger partial charge >= 0.3 is 11.9 Å². The van der Waals surface area contributed by atoms with Crippen molar-refractivity contribution in [1.82, 2.24) is 14.9 Å². The Morgan fingerprint density at radius 1 is 1.20 bits per heavy atom. The van der Waals surface area contributed by atoms with Crippen LogP contribution in [-0.4, -0.2) is 58.6 Å². The highest BCUT2D eigenvalue weighted by Crippen LogP contribution is 2.27. The number of fused-ring (bicyclic) bond motifs is 1. The van der Waals surface area contributed by atoms with Gasteiger partial charge in [0.1, 0.15) is 19.0 Å². The Morgan fingerprint density at radius 2 is 1.77 bits per heavy atom. The smallest absolute Gasteiger partial charge is 0.308 e. The SMILES string of the molecule is CC(C)C(=O)OCC(CO)(CCn1cnc2c1NC(N)NC2=O)COC(=O)C(C)C. The van der Waals surface area contributed by atoms with Crippen molar-refractivity contribution in [1.29, 1.82) is 0 Å². The second kappa shape index (κ2) is 9.90. The molecule has 168 valence electrons. The number of nitrogens with zero attached hydrogens (tertiary/aromatic N) is 2. The monoisotopic (exact) mass is 425 g/mol. The number of aliphatic hydroxyl groups excluding tert-OH is 1. The molecule has 0 aliphatic carbocycles. The first-order valence-corrected chi connectivity index (χ1v) is 9.91. The summed E-state index contributed by atoms with van der Waals surface area (Å²) >= 11 is 0. The van der Waals surface area contributed by atoms with E-state index in [0.29, 0.717) is 18.8 Å². The minimum absolute atomic E-state index is 0.115. The highest BCUT2D eigenvalue weighted by Gasteiger charge is 2.35. The van der Waals surface area contributed by atoms with E-state index < -0.39 is 23.6 Å². The molecule has 1 atom stereocenters. The number of aliphatic hydroxyl groups is 1. The third kappa shape index (κ3) is 5.70. The molecule has 1 amide bonds. The Balaban J connectivity index is 2.16. The second-order valence-electron chi connectivity index (χ2n) is 8.16. The highest BCUT2D eigenvalue weighted by molar-refractivity contribution is 5.98. The number of imidazole rings is 1. The molecule has 1 aromatic heterocycles. The van der Waals surface area contributed by atoms with Crippen molar-refractivity contribution in [2.24, 2.45) is 23.0 Å². The first-order valence-electron chi connectivity index (χ1n) is 9.91. The molecule has 0 spiro atoms. The fraction of sp³-hybridized carbons (Fsp3) is 0.684. The third-order valence-corrected chi connectivity index (χ3v) is 4.83. The van der Waals surface area contributed by atoms with E-state index in [4.69, 9.17) is 15.2 Å². The zero-order valence-electron chi connectivity index (χ0n) is 17.8. The van der Waals surface area contributed by atoms with E-state index in [2.05, 4.69) is 15.6 Å². The van der Waals surface area contributed by atoms with Gasteiger partial charge in [0.05, 0.1) is 30.2 Å². The standard InChI is InChI=1S/C19H31N5O6/c1-11(2)16(27)29-8-19(7-25,9-30-17(28)12(3)4)5-6-24-10-21-13-14(24)22-18(20)23-15(13)26/h10-12,18,22,25H,5-9,20H2,1-4H3,(H,23,26). The van der Waals surface area contributed by atoms with Crippen LogP contribution < -0.4 is 16.4 Å². The van der Waals surface area contributed by atoms with Crippen molar-refractivity contribution in [3.8, 4) is 0 Å². The van der Waals surface area contributed by atoms with E-state index in [0.717, 1.165) is 0 Å². The summed E-state index contributed by atoms with van der Waals surface area (Å²) in [5, 5.41) is 15.6. The van der Waals surface area contributed by atoms with E-state index >= 15 is 0 Å². The summed E-state index contributed by atoms with van der Waals surface area (Å²) in [5.74, 6) is -1.41. The van der Waals surface area contributed by atoms with Crippen molar-refractivity contribution in [3.63, 3.8) is 0 Å². The Hall–Kier alpha value is -2.66. The molecule has 1 unspecified atom stereocenters. The minimum Gasteiger partial charge on any atom is -0.465 e. The molecule has 2 rings (SSSR count). The summed E-state index contributed by atoms with van der Waals surface area (Å²) in [4.78, 5) is 40.0. The van der Waals surface area contributed by atoms with Crippen LogP contribution in [0.4, 0.5) is 5.82 Å². The summed E-state index contributed by atoms with van der Waals surface area (Å²) < 4.78 is 12.4. The van der Waals surface area contributed by atoms with Crippen molar-refractivity contribution in [2.75, 3.05) is 25.1 Å². The van der Waals surface area contributed by atoms with Gasteiger partial charge in [-0.15, -0.1) is 0 Å². The van der Waals surface area contributed by atoms with Gasteiger partial charge < -0.3 is 29.8 Å². The normalized spacial score (nSPS) is 16.1. The predicted molar refractivity (Wildman–Crippen MR) is 107 cm³/mol. The summed E-state index contributed by atoms with van der Waals surface area (Å²) in [6, 6.07) is 0. The first kappa shape index (κ1) is 23.6. The lowest BCUT2D eigenvalue weighted by Gasteiger charge is -2.32. The van der Waals surface area contributed by atoms with Crippen LogP contribution >= 0.6 is 0 Å². The molecule has 1 aromatic rings. The number of anilines is 1. The molecule has 0 fully saturated rings. The maximum atomic E-state index is 12.0. The molecule has 2 heterocycles. The largest absolute Gasteiger partial charge is 0.465 e. The van der Waals surface area contributed by atoms with Gasteiger partial charge in [-0.05, 0) is 6.42 Å². The van der Waals surface area contributed by atoms with Gasteiger partial charge in [-0.3, -0.25) is 20.1 Å². The number of carbonyl (C=O) groups excluding carboxylic acids is 3. The van der Waals surface area contributed by atoms with E-state index in [-0.39, 0.29) is 43.3 Å². The zero-order valence-corrected chi connectivity index (χ0v) is 17.8. The number of esters is 2. The van der Waals surface area contributed by atoms with E-state index in [1.165, 1.54) is 6.33 Å². The number of nitrogens with one attached hydrogen (secondary N) is 2. The lowest BCUT2D eigenvalue weighted by molar-refractivity contribution is -0.160. The predicted octanol–water partition coefficient (Wildman–Crippen LogP) is 0.0479. The van der Waals surface area contributed by atoms with E-state index in [9.17, 15) is 19.5 Å². The molecule has 0 saturated heterocycles. The lowest BCUT2D eigenvalue weighted by atomic mass is 9.87. The fourth-order valence-electron chi connectivity index (χ4n) is 2.76. The van der Waals surface area contributed by atoms with E-state index in [1.807, 2.05) is 0 Å². The van der Waals surface area contributed by atoms with Crippen LogP contribution in [0.25, 0.3) is 0 Å².